The number of carbonyl (C=O) groups is 1. The van der Waals surface area contributed by atoms with Crippen molar-refractivity contribution in [3.05, 3.63) is 49.1 Å². The Morgan fingerprint density at radius 3 is 3.05 bits per heavy atom. The van der Waals surface area contributed by atoms with Crippen LogP contribution in [0.1, 0.15) is 19.3 Å². The van der Waals surface area contributed by atoms with Gasteiger partial charge in [0.1, 0.15) is 0 Å². The van der Waals surface area contributed by atoms with Crippen LogP contribution in [0, 0.1) is 5.92 Å². The molecule has 1 N–H and O–H groups in total. The molecule has 0 saturated heterocycles. The molecular formula is C17H20N4O. The van der Waals surface area contributed by atoms with E-state index in [2.05, 4.69) is 27.6 Å². The molecule has 1 amide bonds. The highest BCUT2D eigenvalue weighted by Gasteiger charge is 2.17. The van der Waals surface area contributed by atoms with E-state index in [4.69, 9.17) is 0 Å². The summed E-state index contributed by atoms with van der Waals surface area (Å²) in [6.07, 6.45) is 14.4. The monoisotopic (exact) mass is 296 g/mol. The van der Waals surface area contributed by atoms with Gasteiger partial charge in [-0.25, -0.2) is 0 Å². The van der Waals surface area contributed by atoms with Crippen LogP contribution >= 0.6 is 0 Å². The number of carbonyl (C=O) groups excluding carboxylic acids is 1. The lowest BCUT2D eigenvalue weighted by molar-refractivity contribution is -0.125. The van der Waals surface area contributed by atoms with Gasteiger partial charge >= 0.3 is 0 Å². The molecule has 1 aliphatic carbocycles. The van der Waals surface area contributed by atoms with E-state index < -0.39 is 0 Å². The van der Waals surface area contributed by atoms with Crippen LogP contribution in [0.2, 0.25) is 0 Å². The fourth-order valence-corrected chi connectivity index (χ4v) is 2.64. The minimum absolute atomic E-state index is 0.133. The summed E-state index contributed by atoms with van der Waals surface area (Å²) < 4.78 is 1.85. The van der Waals surface area contributed by atoms with E-state index in [1.807, 2.05) is 35.4 Å². The molecule has 3 rings (SSSR count). The number of allylic oxidation sites excluding steroid dienone is 2. The molecule has 2 aromatic rings. The van der Waals surface area contributed by atoms with Crippen molar-refractivity contribution in [3.63, 3.8) is 0 Å². The average molecular weight is 296 g/mol. The van der Waals surface area contributed by atoms with Crippen molar-refractivity contribution in [3.8, 4) is 11.1 Å². The number of pyridine rings is 1. The number of amides is 1. The number of nitrogens with one attached hydrogen (secondary N) is 1. The Labute approximate surface area is 130 Å². The van der Waals surface area contributed by atoms with Gasteiger partial charge in [0.2, 0.25) is 5.91 Å². The van der Waals surface area contributed by atoms with E-state index in [-0.39, 0.29) is 11.8 Å². The van der Waals surface area contributed by atoms with Gasteiger partial charge in [-0.15, -0.1) is 0 Å². The van der Waals surface area contributed by atoms with Gasteiger partial charge in [-0.3, -0.25) is 14.5 Å². The van der Waals surface area contributed by atoms with Gasteiger partial charge in [-0.1, -0.05) is 18.2 Å². The molecule has 0 spiro atoms. The first kappa shape index (κ1) is 14.5. The van der Waals surface area contributed by atoms with E-state index in [9.17, 15) is 4.79 Å². The summed E-state index contributed by atoms with van der Waals surface area (Å²) in [6, 6.07) is 3.91. The largest absolute Gasteiger partial charge is 0.354 e. The molecule has 1 atom stereocenters. The number of hydrogen-bond donors (Lipinski definition) is 1. The first-order chi connectivity index (χ1) is 10.8. The minimum Gasteiger partial charge on any atom is -0.354 e. The van der Waals surface area contributed by atoms with Crippen LogP contribution in [0.15, 0.2) is 49.1 Å². The Bertz CT molecular complexity index is 648. The molecule has 0 aliphatic heterocycles. The summed E-state index contributed by atoms with van der Waals surface area (Å²) >= 11 is 0. The Balaban J connectivity index is 1.49. The lowest BCUT2D eigenvalue weighted by Crippen LogP contribution is -2.33. The zero-order valence-electron chi connectivity index (χ0n) is 12.5. The molecule has 0 fully saturated rings. The second-order valence-electron chi connectivity index (χ2n) is 5.51. The van der Waals surface area contributed by atoms with Crippen molar-refractivity contribution in [1.29, 1.82) is 0 Å². The summed E-state index contributed by atoms with van der Waals surface area (Å²) in [5, 5.41) is 7.33. The maximum absolute atomic E-state index is 12.0. The number of nitrogens with zero attached hydrogens (tertiary/aromatic N) is 3. The molecular weight excluding hydrogens is 276 g/mol. The lowest BCUT2D eigenvalue weighted by atomic mass is 9.94. The maximum atomic E-state index is 12.0. The molecule has 0 aromatic carbocycles. The Hall–Kier alpha value is -2.43. The minimum atomic E-state index is 0.133. The van der Waals surface area contributed by atoms with Crippen molar-refractivity contribution in [2.75, 3.05) is 6.54 Å². The molecule has 0 radical (unpaired) electrons. The fourth-order valence-electron chi connectivity index (χ4n) is 2.64. The second kappa shape index (κ2) is 7.02. The van der Waals surface area contributed by atoms with Crippen molar-refractivity contribution in [2.45, 2.75) is 25.8 Å². The number of rotatable bonds is 5. The summed E-state index contributed by atoms with van der Waals surface area (Å²) in [5.41, 5.74) is 2.09. The van der Waals surface area contributed by atoms with Crippen LogP contribution < -0.4 is 5.32 Å². The molecule has 114 valence electrons. The third-order valence-electron chi connectivity index (χ3n) is 3.91. The van der Waals surface area contributed by atoms with Crippen LogP contribution in [0.3, 0.4) is 0 Å². The lowest BCUT2D eigenvalue weighted by Gasteiger charge is -2.17. The van der Waals surface area contributed by atoms with Crippen LogP contribution in [0.25, 0.3) is 11.1 Å². The number of aromatic nitrogens is 3. The molecule has 22 heavy (non-hydrogen) atoms. The molecule has 5 heteroatoms. The third-order valence-corrected chi connectivity index (χ3v) is 3.91. The fraction of sp³-hybridized carbons (Fsp3) is 0.353. The second-order valence-corrected chi connectivity index (χ2v) is 5.51. The standard InChI is InChI=1S/C17H20N4O/c22-17(14-5-2-1-3-6-14)19-9-10-21-13-16(12-20-21)15-7-4-8-18-11-15/h1-2,4,7-8,11-14H,3,5-6,9-10H2,(H,19,22)/t14-/m0/s1. The first-order valence-corrected chi connectivity index (χ1v) is 7.68. The van der Waals surface area contributed by atoms with Gasteiger partial charge in [0.15, 0.2) is 0 Å². The zero-order valence-corrected chi connectivity index (χ0v) is 12.5. The molecule has 0 unspecified atom stereocenters. The summed E-state index contributed by atoms with van der Waals surface area (Å²) in [5.74, 6) is 0.289. The van der Waals surface area contributed by atoms with E-state index in [0.29, 0.717) is 13.1 Å². The highest BCUT2D eigenvalue weighted by molar-refractivity contribution is 5.78. The topological polar surface area (TPSA) is 59.8 Å². The van der Waals surface area contributed by atoms with E-state index in [1.165, 1.54) is 0 Å². The smallest absolute Gasteiger partial charge is 0.223 e. The summed E-state index contributed by atoms with van der Waals surface area (Å²) in [6.45, 7) is 1.28. The van der Waals surface area contributed by atoms with Crippen molar-refractivity contribution in [2.24, 2.45) is 5.92 Å². The highest BCUT2D eigenvalue weighted by atomic mass is 16.1. The van der Waals surface area contributed by atoms with Crippen LogP contribution in [0.5, 0.6) is 0 Å². The SMILES string of the molecule is O=C(NCCn1cc(-c2cccnc2)cn1)[C@H]1CC=CCC1. The van der Waals surface area contributed by atoms with Crippen molar-refractivity contribution >= 4 is 5.91 Å². The van der Waals surface area contributed by atoms with Gasteiger partial charge < -0.3 is 5.32 Å². The average Bonchev–Trinajstić information content (AvgIpc) is 3.05. The van der Waals surface area contributed by atoms with E-state index in [1.54, 1.807) is 6.20 Å². The Morgan fingerprint density at radius 2 is 2.27 bits per heavy atom. The number of hydrogen-bond acceptors (Lipinski definition) is 3. The Morgan fingerprint density at radius 1 is 1.32 bits per heavy atom. The quantitative estimate of drug-likeness (QED) is 0.862. The normalized spacial score (nSPS) is 17.4. The predicted octanol–water partition coefficient (Wildman–Crippen LogP) is 2.42. The van der Waals surface area contributed by atoms with Crippen molar-refractivity contribution in [1.82, 2.24) is 20.1 Å². The van der Waals surface area contributed by atoms with E-state index in [0.717, 1.165) is 30.4 Å². The van der Waals surface area contributed by atoms with Crippen LogP contribution in [-0.2, 0) is 11.3 Å². The Kier molecular flexibility index (Phi) is 4.63. The van der Waals surface area contributed by atoms with Crippen LogP contribution in [-0.4, -0.2) is 27.2 Å². The van der Waals surface area contributed by atoms with Gasteiger partial charge in [0.25, 0.3) is 0 Å². The maximum Gasteiger partial charge on any atom is 0.223 e. The zero-order chi connectivity index (χ0) is 15.2. The predicted molar refractivity (Wildman–Crippen MR) is 84.9 cm³/mol. The van der Waals surface area contributed by atoms with Gasteiger partial charge in [0, 0.05) is 42.2 Å². The van der Waals surface area contributed by atoms with Crippen molar-refractivity contribution < 1.29 is 4.79 Å². The highest BCUT2D eigenvalue weighted by Crippen LogP contribution is 2.18. The van der Waals surface area contributed by atoms with Gasteiger partial charge in [-0.2, -0.15) is 5.10 Å². The van der Waals surface area contributed by atoms with E-state index >= 15 is 0 Å². The molecule has 5 nitrogen and oxygen atoms in total. The van der Waals surface area contributed by atoms with Crippen LogP contribution in [0.4, 0.5) is 0 Å². The first-order valence-electron chi connectivity index (χ1n) is 7.68. The molecule has 2 aromatic heterocycles. The van der Waals surface area contributed by atoms with Gasteiger partial charge in [-0.05, 0) is 25.3 Å². The summed E-state index contributed by atoms with van der Waals surface area (Å²) in [4.78, 5) is 16.1. The summed E-state index contributed by atoms with van der Waals surface area (Å²) in [7, 11) is 0. The van der Waals surface area contributed by atoms with Gasteiger partial charge in [0.05, 0.1) is 12.7 Å². The third kappa shape index (κ3) is 3.61. The molecule has 1 aliphatic rings. The molecule has 0 saturated carbocycles. The molecule has 2 heterocycles. The molecule has 0 bridgehead atoms.